The minimum absolute atomic E-state index is 0.116. The summed E-state index contributed by atoms with van der Waals surface area (Å²) >= 11 is 0. The number of amides is 1. The van der Waals surface area contributed by atoms with Crippen molar-refractivity contribution in [3.63, 3.8) is 0 Å². The van der Waals surface area contributed by atoms with Gasteiger partial charge in [-0.2, -0.15) is 0 Å². The predicted molar refractivity (Wildman–Crippen MR) is 138 cm³/mol. The number of aryl methyl sites for hydroxylation is 2. The number of nitrogens with zero attached hydrogens (tertiary/aromatic N) is 3. The van der Waals surface area contributed by atoms with Crippen LogP contribution in [0.5, 0.6) is 0 Å². The van der Waals surface area contributed by atoms with Crippen molar-refractivity contribution in [3.8, 4) is 0 Å². The molecule has 6 heteroatoms. The highest BCUT2D eigenvalue weighted by molar-refractivity contribution is 6.46. The van der Waals surface area contributed by atoms with Gasteiger partial charge in [0.2, 0.25) is 0 Å². The number of carbonyl (C=O) groups excluding carboxylic acids is 2. The van der Waals surface area contributed by atoms with Crippen LogP contribution in [0, 0.1) is 13.8 Å². The number of ketones is 1. The molecule has 0 radical (unpaired) electrons. The van der Waals surface area contributed by atoms with Crippen LogP contribution in [0.15, 0.2) is 48.0 Å². The van der Waals surface area contributed by atoms with Gasteiger partial charge < -0.3 is 19.8 Å². The molecule has 34 heavy (non-hydrogen) atoms. The van der Waals surface area contributed by atoms with E-state index in [9.17, 15) is 14.7 Å². The molecule has 6 nitrogen and oxygen atoms in total. The van der Waals surface area contributed by atoms with Gasteiger partial charge in [-0.1, -0.05) is 24.3 Å². The number of aliphatic hydroxyl groups excluding tert-OH is 1. The van der Waals surface area contributed by atoms with Crippen LogP contribution in [0.1, 0.15) is 48.6 Å². The maximum Gasteiger partial charge on any atom is 0.295 e. The van der Waals surface area contributed by atoms with Gasteiger partial charge in [-0.15, -0.1) is 0 Å². The summed E-state index contributed by atoms with van der Waals surface area (Å²) in [4.78, 5) is 32.2. The molecule has 2 aromatic rings. The lowest BCUT2D eigenvalue weighted by Gasteiger charge is -2.27. The highest BCUT2D eigenvalue weighted by Gasteiger charge is 2.45. The molecule has 0 spiro atoms. The summed E-state index contributed by atoms with van der Waals surface area (Å²) in [6.07, 6.45) is 0.734. The number of likely N-dealkylation sites (tertiary alicyclic amines) is 1. The molecule has 2 aromatic carbocycles. The second kappa shape index (κ2) is 10.9. The third-order valence-electron chi connectivity index (χ3n) is 6.66. The van der Waals surface area contributed by atoms with E-state index >= 15 is 0 Å². The van der Waals surface area contributed by atoms with E-state index in [0.29, 0.717) is 12.1 Å². The van der Waals surface area contributed by atoms with Gasteiger partial charge >= 0.3 is 0 Å². The van der Waals surface area contributed by atoms with Gasteiger partial charge in [0.25, 0.3) is 11.7 Å². The van der Waals surface area contributed by atoms with E-state index in [1.807, 2.05) is 64.3 Å². The fourth-order valence-corrected chi connectivity index (χ4v) is 4.51. The summed E-state index contributed by atoms with van der Waals surface area (Å²) in [6, 6.07) is 13.0. The molecule has 0 aromatic heterocycles. The molecule has 1 fully saturated rings. The quantitative estimate of drug-likeness (QED) is 0.336. The van der Waals surface area contributed by atoms with E-state index < -0.39 is 17.7 Å². The van der Waals surface area contributed by atoms with Crippen molar-refractivity contribution in [3.05, 3.63) is 70.3 Å². The van der Waals surface area contributed by atoms with E-state index in [4.69, 9.17) is 0 Å². The van der Waals surface area contributed by atoms with Gasteiger partial charge in [-0.05, 0) is 89.6 Å². The Bertz CT molecular complexity index is 1070. The molecular weight excluding hydrogens is 426 g/mol. The Morgan fingerprint density at radius 2 is 1.62 bits per heavy atom. The molecular formula is C28H37N3O3. The third-order valence-corrected chi connectivity index (χ3v) is 6.66. The van der Waals surface area contributed by atoms with Gasteiger partial charge in [0.05, 0.1) is 11.6 Å². The number of rotatable bonds is 9. The molecule has 0 saturated carbocycles. The molecule has 1 unspecified atom stereocenters. The molecule has 1 aliphatic rings. The number of hydrogen-bond acceptors (Lipinski definition) is 5. The molecule has 182 valence electrons. The molecule has 1 aliphatic heterocycles. The largest absolute Gasteiger partial charge is 0.507 e. The van der Waals surface area contributed by atoms with Crippen molar-refractivity contribution in [1.29, 1.82) is 0 Å². The van der Waals surface area contributed by atoms with E-state index in [2.05, 4.69) is 23.6 Å². The lowest BCUT2D eigenvalue weighted by atomic mass is 9.94. The zero-order valence-corrected chi connectivity index (χ0v) is 21.3. The first-order valence-electron chi connectivity index (χ1n) is 12.0. The predicted octanol–water partition coefficient (Wildman–Crippen LogP) is 4.52. The number of benzene rings is 2. The molecule has 1 saturated heterocycles. The summed E-state index contributed by atoms with van der Waals surface area (Å²) in [6.45, 7) is 11.2. The first-order valence-corrected chi connectivity index (χ1v) is 12.0. The Morgan fingerprint density at radius 1 is 0.971 bits per heavy atom. The fourth-order valence-electron chi connectivity index (χ4n) is 4.51. The topological polar surface area (TPSA) is 64.1 Å². The number of Topliss-reactive ketones (excluding diaryl/α,β-unsaturated/α-hetero) is 1. The highest BCUT2D eigenvalue weighted by atomic mass is 16.3. The van der Waals surface area contributed by atoms with E-state index in [-0.39, 0.29) is 11.3 Å². The van der Waals surface area contributed by atoms with Crippen molar-refractivity contribution in [2.24, 2.45) is 0 Å². The van der Waals surface area contributed by atoms with Crippen molar-refractivity contribution >= 4 is 23.1 Å². The maximum atomic E-state index is 13.2. The SMILES string of the molecule is CCN(CC)c1ccc(C2/C(=C(/O)c3ccc(C)c(C)c3)C(=O)C(=O)N2CCCN(C)C)cc1. The molecule has 1 N–H and O–H groups in total. The van der Waals surface area contributed by atoms with Crippen LogP contribution < -0.4 is 4.90 Å². The molecule has 0 bridgehead atoms. The number of anilines is 1. The number of aliphatic hydroxyl groups is 1. The van der Waals surface area contributed by atoms with Crippen LogP contribution in [0.2, 0.25) is 0 Å². The third kappa shape index (κ3) is 5.17. The lowest BCUT2D eigenvalue weighted by Crippen LogP contribution is -2.32. The van der Waals surface area contributed by atoms with Crippen LogP contribution >= 0.6 is 0 Å². The summed E-state index contributed by atoms with van der Waals surface area (Å²) in [5.74, 6) is -1.30. The van der Waals surface area contributed by atoms with Crippen molar-refractivity contribution < 1.29 is 14.7 Å². The lowest BCUT2D eigenvalue weighted by molar-refractivity contribution is -0.139. The van der Waals surface area contributed by atoms with Crippen LogP contribution in [-0.2, 0) is 9.59 Å². The molecule has 1 amide bonds. The summed E-state index contributed by atoms with van der Waals surface area (Å²) in [5, 5.41) is 11.3. The zero-order chi connectivity index (χ0) is 25.0. The molecule has 1 heterocycles. The van der Waals surface area contributed by atoms with Crippen LogP contribution in [0.25, 0.3) is 5.76 Å². The van der Waals surface area contributed by atoms with Crippen LogP contribution in [0.3, 0.4) is 0 Å². The second-order valence-corrected chi connectivity index (χ2v) is 9.21. The molecule has 1 atom stereocenters. The number of hydrogen-bond donors (Lipinski definition) is 1. The normalized spacial score (nSPS) is 17.6. The van der Waals surface area contributed by atoms with Crippen LogP contribution in [-0.4, -0.2) is 66.9 Å². The minimum Gasteiger partial charge on any atom is -0.507 e. The summed E-state index contributed by atoms with van der Waals surface area (Å²) in [7, 11) is 3.97. The summed E-state index contributed by atoms with van der Waals surface area (Å²) < 4.78 is 0. The Labute approximate surface area is 203 Å². The molecule has 0 aliphatic carbocycles. The Hall–Kier alpha value is -3.12. The average Bonchev–Trinajstić information content (AvgIpc) is 3.06. The Balaban J connectivity index is 2.09. The molecule has 3 rings (SSSR count). The zero-order valence-electron chi connectivity index (χ0n) is 21.3. The van der Waals surface area contributed by atoms with Crippen molar-refractivity contribution in [1.82, 2.24) is 9.80 Å². The van der Waals surface area contributed by atoms with Gasteiger partial charge in [-0.25, -0.2) is 0 Å². The van der Waals surface area contributed by atoms with Crippen LogP contribution in [0.4, 0.5) is 5.69 Å². The smallest absolute Gasteiger partial charge is 0.295 e. The maximum absolute atomic E-state index is 13.2. The second-order valence-electron chi connectivity index (χ2n) is 9.21. The van der Waals surface area contributed by atoms with Gasteiger partial charge in [0.1, 0.15) is 5.76 Å². The Morgan fingerprint density at radius 3 is 2.18 bits per heavy atom. The fraction of sp³-hybridized carbons (Fsp3) is 0.429. The average molecular weight is 464 g/mol. The highest BCUT2D eigenvalue weighted by Crippen LogP contribution is 2.40. The van der Waals surface area contributed by atoms with E-state index in [0.717, 1.165) is 48.4 Å². The standard InChI is InChI=1S/C28H37N3O3/c1-7-30(8-2)23-14-12-21(13-15-23)25-24(26(32)22-11-10-19(3)20(4)18-22)27(33)28(34)31(25)17-9-16-29(5)6/h10-15,18,25,32H,7-9,16-17H2,1-6H3/b26-24-. The van der Waals surface area contributed by atoms with Gasteiger partial charge in [0.15, 0.2) is 0 Å². The monoisotopic (exact) mass is 463 g/mol. The Kier molecular flexibility index (Phi) is 8.15. The first kappa shape index (κ1) is 25.5. The minimum atomic E-state index is -0.626. The van der Waals surface area contributed by atoms with E-state index in [1.165, 1.54) is 0 Å². The number of carbonyl (C=O) groups is 2. The van der Waals surface area contributed by atoms with Crippen molar-refractivity contribution in [2.75, 3.05) is 45.2 Å². The van der Waals surface area contributed by atoms with Gasteiger partial charge in [-0.3, -0.25) is 9.59 Å². The van der Waals surface area contributed by atoms with Gasteiger partial charge in [0, 0.05) is 30.9 Å². The summed E-state index contributed by atoms with van der Waals surface area (Å²) in [5.41, 5.74) is 4.75. The first-order chi connectivity index (χ1) is 16.2. The van der Waals surface area contributed by atoms with Crippen molar-refractivity contribution in [2.45, 2.75) is 40.2 Å². The van der Waals surface area contributed by atoms with E-state index in [1.54, 1.807) is 11.0 Å².